The highest BCUT2D eigenvalue weighted by molar-refractivity contribution is 7.21. The number of ether oxygens (including phenoxy) is 1. The molecule has 4 rings (SSSR count). The highest BCUT2D eigenvalue weighted by Crippen LogP contribution is 2.38. The lowest BCUT2D eigenvalue weighted by molar-refractivity contribution is -0.139. The molecule has 7 heteroatoms. The predicted molar refractivity (Wildman–Crippen MR) is 120 cm³/mol. The van der Waals surface area contributed by atoms with Crippen LogP contribution in [0.25, 0.3) is 10.1 Å². The quantitative estimate of drug-likeness (QED) is 0.621. The van der Waals surface area contributed by atoms with E-state index in [1.165, 1.54) is 23.5 Å². The number of carbonyl (C=O) groups is 2. The zero-order valence-electron chi connectivity index (χ0n) is 17.4. The molecule has 0 saturated carbocycles. The molecule has 1 N–H and O–H groups in total. The Morgan fingerprint density at radius 3 is 2.74 bits per heavy atom. The maximum absolute atomic E-state index is 13.0. The van der Waals surface area contributed by atoms with Gasteiger partial charge in [-0.1, -0.05) is 30.3 Å². The van der Waals surface area contributed by atoms with Crippen LogP contribution in [0.3, 0.4) is 0 Å². The third kappa shape index (κ3) is 4.78. The number of aryl methyl sites for hydroxylation is 1. The van der Waals surface area contributed by atoms with Crippen LogP contribution in [-0.2, 0) is 16.0 Å². The molecule has 1 aliphatic rings. The highest BCUT2D eigenvalue weighted by Gasteiger charge is 2.31. The topological polar surface area (TPSA) is 58.6 Å². The van der Waals surface area contributed by atoms with Crippen LogP contribution in [0.1, 0.15) is 39.7 Å². The van der Waals surface area contributed by atoms with E-state index in [1.54, 1.807) is 19.2 Å². The maximum atomic E-state index is 13.0. The van der Waals surface area contributed by atoms with Gasteiger partial charge in [0.15, 0.2) is 0 Å². The van der Waals surface area contributed by atoms with Crippen molar-refractivity contribution in [3.63, 3.8) is 0 Å². The Kier molecular flexibility index (Phi) is 6.63. The molecule has 1 atom stereocenters. The van der Waals surface area contributed by atoms with Crippen molar-refractivity contribution in [3.05, 3.63) is 70.4 Å². The minimum atomic E-state index is -0.335. The summed E-state index contributed by atoms with van der Waals surface area (Å²) in [5.41, 5.74) is 1.89. The van der Waals surface area contributed by atoms with Gasteiger partial charge in [-0.2, -0.15) is 0 Å². The molecule has 2 aromatic carbocycles. The summed E-state index contributed by atoms with van der Waals surface area (Å²) in [5, 5.41) is 3.72. The van der Waals surface area contributed by atoms with Crippen molar-refractivity contribution < 1.29 is 18.7 Å². The number of fused-ring (bicyclic) bond motifs is 1. The van der Waals surface area contributed by atoms with Gasteiger partial charge in [-0.05, 0) is 42.0 Å². The van der Waals surface area contributed by atoms with E-state index >= 15 is 0 Å². The van der Waals surface area contributed by atoms with Crippen molar-refractivity contribution in [1.82, 2.24) is 10.2 Å². The summed E-state index contributed by atoms with van der Waals surface area (Å²) in [7, 11) is 1.62. The van der Waals surface area contributed by atoms with E-state index in [2.05, 4.69) is 5.32 Å². The first-order valence-electron chi connectivity index (χ1n) is 10.4. The number of morpholine rings is 1. The summed E-state index contributed by atoms with van der Waals surface area (Å²) < 4.78 is 20.1. The van der Waals surface area contributed by atoms with Gasteiger partial charge in [0.05, 0.1) is 18.0 Å². The smallest absolute Gasteiger partial charge is 0.261 e. The first kappa shape index (κ1) is 21.5. The van der Waals surface area contributed by atoms with E-state index in [4.69, 9.17) is 4.74 Å². The Labute approximate surface area is 184 Å². The lowest BCUT2D eigenvalue weighted by Crippen LogP contribution is -2.42. The van der Waals surface area contributed by atoms with Crippen molar-refractivity contribution in [3.8, 4) is 0 Å². The van der Waals surface area contributed by atoms with Gasteiger partial charge in [-0.15, -0.1) is 11.3 Å². The van der Waals surface area contributed by atoms with Crippen LogP contribution in [0.4, 0.5) is 4.39 Å². The monoisotopic (exact) mass is 440 g/mol. The van der Waals surface area contributed by atoms with Crippen molar-refractivity contribution in [1.29, 1.82) is 0 Å². The number of nitrogens with zero attached hydrogens (tertiary/aromatic N) is 1. The van der Waals surface area contributed by atoms with E-state index in [9.17, 15) is 14.0 Å². The Balaban J connectivity index is 1.45. The molecule has 162 valence electrons. The normalized spacial score (nSPS) is 16.5. The number of carbonyl (C=O) groups excluding carboxylic acids is 2. The number of nitrogens with one attached hydrogen (secondary N) is 1. The molecule has 3 aromatic rings. The van der Waals surface area contributed by atoms with Crippen LogP contribution < -0.4 is 5.32 Å². The Bertz CT molecular complexity index is 1080. The van der Waals surface area contributed by atoms with Gasteiger partial charge in [-0.25, -0.2) is 4.39 Å². The second-order valence-corrected chi connectivity index (χ2v) is 8.65. The number of thiophene rings is 1. The summed E-state index contributed by atoms with van der Waals surface area (Å²) in [6.45, 7) is 1.41. The van der Waals surface area contributed by atoms with Crippen molar-refractivity contribution in [2.45, 2.75) is 25.4 Å². The molecule has 2 heterocycles. The van der Waals surface area contributed by atoms with E-state index in [1.807, 2.05) is 29.2 Å². The molecule has 1 aromatic heterocycles. The van der Waals surface area contributed by atoms with Crippen molar-refractivity contribution in [2.75, 3.05) is 26.7 Å². The zero-order chi connectivity index (χ0) is 21.8. The average molecular weight is 441 g/mol. The lowest BCUT2D eigenvalue weighted by atomic mass is 10.0. The zero-order valence-corrected chi connectivity index (χ0v) is 18.2. The molecule has 1 saturated heterocycles. The predicted octanol–water partition coefficient (Wildman–Crippen LogP) is 4.32. The molecule has 0 bridgehead atoms. The lowest BCUT2D eigenvalue weighted by Gasteiger charge is -2.33. The fraction of sp³-hybridized carbons (Fsp3) is 0.333. The van der Waals surface area contributed by atoms with E-state index in [-0.39, 0.29) is 23.7 Å². The molecule has 5 nitrogen and oxygen atoms in total. The molecular formula is C24H25FN2O3S. The molecule has 0 aliphatic carbocycles. The van der Waals surface area contributed by atoms with Gasteiger partial charge < -0.3 is 15.0 Å². The molecule has 2 amide bonds. The number of benzene rings is 2. The van der Waals surface area contributed by atoms with Crippen LogP contribution in [-0.4, -0.2) is 43.5 Å². The summed E-state index contributed by atoms with van der Waals surface area (Å²) in [4.78, 5) is 27.8. The minimum absolute atomic E-state index is 0.0800. The van der Waals surface area contributed by atoms with Gasteiger partial charge in [0.25, 0.3) is 5.91 Å². The van der Waals surface area contributed by atoms with Gasteiger partial charge in [0.1, 0.15) is 11.9 Å². The fourth-order valence-electron chi connectivity index (χ4n) is 3.97. The summed E-state index contributed by atoms with van der Waals surface area (Å²) >= 11 is 1.45. The van der Waals surface area contributed by atoms with Gasteiger partial charge >= 0.3 is 0 Å². The van der Waals surface area contributed by atoms with Gasteiger partial charge in [0, 0.05) is 30.3 Å². The van der Waals surface area contributed by atoms with Crippen LogP contribution in [0.5, 0.6) is 0 Å². The Morgan fingerprint density at radius 1 is 1.19 bits per heavy atom. The second kappa shape index (κ2) is 9.58. The van der Waals surface area contributed by atoms with Crippen LogP contribution in [0.15, 0.2) is 48.5 Å². The minimum Gasteiger partial charge on any atom is -0.370 e. The molecule has 1 unspecified atom stereocenters. The van der Waals surface area contributed by atoms with Crippen molar-refractivity contribution >= 4 is 33.2 Å². The SMILES string of the molecule is CNC(=O)c1sc2ccccc2c1C1CN(C(=O)CCCc2ccc(F)cc2)CCO1. The third-order valence-electron chi connectivity index (χ3n) is 5.58. The van der Waals surface area contributed by atoms with Crippen LogP contribution in [0, 0.1) is 5.82 Å². The van der Waals surface area contributed by atoms with Crippen molar-refractivity contribution in [2.24, 2.45) is 0 Å². The molecule has 0 spiro atoms. The number of hydrogen-bond donors (Lipinski definition) is 1. The number of halogens is 1. The van der Waals surface area contributed by atoms with Gasteiger partial charge in [0.2, 0.25) is 5.91 Å². The standard InChI is InChI=1S/C24H25FN2O3S/c1-26-24(29)23-22(18-6-2-3-7-20(18)31-23)19-15-27(13-14-30-19)21(28)8-4-5-16-9-11-17(25)12-10-16/h2-3,6-7,9-12,19H,4-5,8,13-15H2,1H3,(H,26,29). The molecule has 31 heavy (non-hydrogen) atoms. The van der Waals surface area contributed by atoms with E-state index in [0.717, 1.165) is 27.6 Å². The molecule has 1 aliphatic heterocycles. The first-order valence-corrected chi connectivity index (χ1v) is 11.3. The summed E-state index contributed by atoms with van der Waals surface area (Å²) in [5.74, 6) is -0.310. The number of amides is 2. The highest BCUT2D eigenvalue weighted by atomic mass is 32.1. The molecule has 1 fully saturated rings. The molecular weight excluding hydrogens is 415 g/mol. The summed E-state index contributed by atoms with van der Waals surface area (Å²) in [6.07, 6.45) is 1.53. The molecule has 0 radical (unpaired) electrons. The van der Waals surface area contributed by atoms with E-state index < -0.39 is 0 Å². The fourth-order valence-corrected chi connectivity index (χ4v) is 5.17. The number of rotatable bonds is 6. The third-order valence-corrected chi connectivity index (χ3v) is 6.76. The van der Waals surface area contributed by atoms with E-state index in [0.29, 0.717) is 37.4 Å². The maximum Gasteiger partial charge on any atom is 0.261 e. The average Bonchev–Trinajstić information content (AvgIpc) is 3.19. The summed E-state index contributed by atoms with van der Waals surface area (Å²) in [6, 6.07) is 14.3. The first-order chi connectivity index (χ1) is 15.1. The van der Waals surface area contributed by atoms with Gasteiger partial charge in [-0.3, -0.25) is 9.59 Å². The van der Waals surface area contributed by atoms with Crippen LogP contribution in [0.2, 0.25) is 0 Å². The second-order valence-electron chi connectivity index (χ2n) is 7.60. The number of hydrogen-bond acceptors (Lipinski definition) is 4. The Hall–Kier alpha value is -2.77. The Morgan fingerprint density at radius 2 is 1.97 bits per heavy atom. The van der Waals surface area contributed by atoms with Crippen LogP contribution >= 0.6 is 11.3 Å². The largest absolute Gasteiger partial charge is 0.370 e.